The number of ketones is 1. The first kappa shape index (κ1) is 11.0. The maximum atomic E-state index is 11.2. The lowest BCUT2D eigenvalue weighted by atomic mass is 10.1. The van der Waals surface area contributed by atoms with Gasteiger partial charge in [0.05, 0.1) is 11.8 Å². The first-order valence-corrected chi connectivity index (χ1v) is 4.74. The fourth-order valence-electron chi connectivity index (χ4n) is 1.33. The van der Waals surface area contributed by atoms with Crippen molar-refractivity contribution < 1.29 is 19.1 Å². The molecule has 0 spiro atoms. The lowest BCUT2D eigenvalue weighted by Gasteiger charge is -2.02. The van der Waals surface area contributed by atoms with Crippen LogP contribution in [0.2, 0.25) is 0 Å². The van der Waals surface area contributed by atoms with Crippen LogP contribution in [-0.4, -0.2) is 26.8 Å². The van der Waals surface area contributed by atoms with E-state index in [1.807, 2.05) is 0 Å². The highest BCUT2D eigenvalue weighted by Gasteiger charge is 2.18. The van der Waals surface area contributed by atoms with Crippen LogP contribution in [0.5, 0.6) is 0 Å². The van der Waals surface area contributed by atoms with Gasteiger partial charge in [-0.2, -0.15) is 0 Å². The molecule has 2 aromatic heterocycles. The molecule has 0 saturated heterocycles. The van der Waals surface area contributed by atoms with E-state index >= 15 is 0 Å². The van der Waals surface area contributed by atoms with Gasteiger partial charge in [0.1, 0.15) is 0 Å². The number of furan rings is 1. The smallest absolute Gasteiger partial charge is 0.355 e. The molecule has 0 aliphatic rings. The van der Waals surface area contributed by atoms with Crippen LogP contribution in [0.25, 0.3) is 11.6 Å². The highest BCUT2D eigenvalue weighted by atomic mass is 16.4. The van der Waals surface area contributed by atoms with Crippen molar-refractivity contribution in [3.05, 3.63) is 35.9 Å². The molecular weight excluding hydrogens is 224 g/mol. The highest BCUT2D eigenvalue weighted by molar-refractivity contribution is 6.03. The van der Waals surface area contributed by atoms with Gasteiger partial charge in [0.2, 0.25) is 0 Å². The second kappa shape index (κ2) is 4.17. The number of carboxylic acid groups (broad SMARTS) is 1. The number of aromatic carboxylic acids is 1. The molecule has 17 heavy (non-hydrogen) atoms. The molecule has 2 rings (SSSR count). The van der Waals surface area contributed by atoms with Crippen LogP contribution in [-0.2, 0) is 0 Å². The van der Waals surface area contributed by atoms with Crippen molar-refractivity contribution in [2.45, 2.75) is 6.92 Å². The van der Waals surface area contributed by atoms with E-state index in [1.165, 1.54) is 19.4 Å². The summed E-state index contributed by atoms with van der Waals surface area (Å²) >= 11 is 0. The second-order valence-electron chi connectivity index (χ2n) is 3.29. The predicted octanol–water partition coefficient (Wildman–Crippen LogP) is 1.64. The third-order valence-electron chi connectivity index (χ3n) is 2.11. The number of rotatable bonds is 3. The van der Waals surface area contributed by atoms with E-state index in [0.717, 1.165) is 0 Å². The third-order valence-corrected chi connectivity index (χ3v) is 2.11. The number of nitrogens with zero attached hydrogens (tertiary/aromatic N) is 2. The maximum absolute atomic E-state index is 11.2. The van der Waals surface area contributed by atoms with E-state index in [4.69, 9.17) is 9.52 Å². The first-order valence-electron chi connectivity index (χ1n) is 4.74. The van der Waals surface area contributed by atoms with Crippen LogP contribution in [0.4, 0.5) is 0 Å². The molecule has 6 nitrogen and oxygen atoms in total. The van der Waals surface area contributed by atoms with Crippen LogP contribution >= 0.6 is 0 Å². The average Bonchev–Trinajstić information content (AvgIpc) is 2.81. The van der Waals surface area contributed by atoms with Crippen LogP contribution in [0, 0.1) is 0 Å². The molecule has 1 N–H and O–H groups in total. The minimum atomic E-state index is -1.27. The number of carbonyl (C=O) groups is 2. The van der Waals surface area contributed by atoms with Gasteiger partial charge in [-0.15, -0.1) is 0 Å². The highest BCUT2D eigenvalue weighted by Crippen LogP contribution is 2.17. The summed E-state index contributed by atoms with van der Waals surface area (Å²) in [5.41, 5.74) is -0.341. The average molecular weight is 232 g/mol. The largest absolute Gasteiger partial charge is 0.476 e. The van der Waals surface area contributed by atoms with Gasteiger partial charge >= 0.3 is 5.97 Å². The molecule has 0 bridgehead atoms. The molecular formula is C11H8N2O4. The fraction of sp³-hybridized carbons (Fsp3) is 0.0909. The Morgan fingerprint density at radius 3 is 2.71 bits per heavy atom. The van der Waals surface area contributed by atoms with Crippen molar-refractivity contribution in [3.8, 4) is 11.6 Å². The molecule has 0 aromatic carbocycles. The Kier molecular flexibility index (Phi) is 2.70. The summed E-state index contributed by atoms with van der Waals surface area (Å²) in [6.45, 7) is 1.26. The van der Waals surface area contributed by atoms with Gasteiger partial charge < -0.3 is 9.52 Å². The number of hydrogen-bond acceptors (Lipinski definition) is 5. The molecule has 0 fully saturated rings. The van der Waals surface area contributed by atoms with Gasteiger partial charge in [-0.25, -0.2) is 14.8 Å². The van der Waals surface area contributed by atoms with Gasteiger partial charge in [-0.1, -0.05) is 0 Å². The quantitative estimate of drug-likeness (QED) is 0.808. The van der Waals surface area contributed by atoms with E-state index in [0.29, 0.717) is 5.76 Å². The second-order valence-corrected chi connectivity index (χ2v) is 3.29. The molecule has 6 heteroatoms. The zero-order valence-corrected chi connectivity index (χ0v) is 8.88. The Balaban J connectivity index is 2.57. The zero-order valence-electron chi connectivity index (χ0n) is 8.88. The minimum absolute atomic E-state index is 0.0205. The molecule has 0 unspecified atom stereocenters. The number of carboxylic acids is 1. The molecule has 0 aliphatic carbocycles. The van der Waals surface area contributed by atoms with Gasteiger partial charge in [0, 0.05) is 6.20 Å². The Hall–Kier alpha value is -2.50. The molecule has 0 radical (unpaired) electrons. The summed E-state index contributed by atoms with van der Waals surface area (Å²) in [5.74, 6) is -1.18. The van der Waals surface area contributed by atoms with Crippen LogP contribution in [0.1, 0.15) is 27.8 Å². The minimum Gasteiger partial charge on any atom is -0.476 e. The third kappa shape index (κ3) is 2.05. The lowest BCUT2D eigenvalue weighted by Crippen LogP contribution is -2.10. The number of aromatic nitrogens is 2. The number of carbonyl (C=O) groups excluding carboxylic acids is 1. The Bertz CT molecular complexity index is 575. The van der Waals surface area contributed by atoms with Gasteiger partial charge in [-0.3, -0.25) is 4.79 Å². The van der Waals surface area contributed by atoms with Crippen LogP contribution in [0.15, 0.2) is 29.0 Å². The van der Waals surface area contributed by atoms with E-state index in [9.17, 15) is 9.59 Å². The monoisotopic (exact) mass is 232 g/mol. The van der Waals surface area contributed by atoms with E-state index in [1.54, 1.807) is 12.1 Å². The van der Waals surface area contributed by atoms with Crippen molar-refractivity contribution in [3.63, 3.8) is 0 Å². The van der Waals surface area contributed by atoms with Crippen molar-refractivity contribution in [1.29, 1.82) is 0 Å². The standard InChI is InChI=1S/C11H8N2O4/c1-6(14)7-5-12-10(8-3-2-4-17-8)13-9(7)11(15)16/h2-5H,1H3,(H,15,16). The van der Waals surface area contributed by atoms with Crippen LogP contribution in [0.3, 0.4) is 0 Å². The Morgan fingerprint density at radius 2 is 2.18 bits per heavy atom. The zero-order chi connectivity index (χ0) is 12.4. The topological polar surface area (TPSA) is 93.3 Å². The van der Waals surface area contributed by atoms with Crippen molar-refractivity contribution in [1.82, 2.24) is 9.97 Å². The molecule has 86 valence electrons. The Morgan fingerprint density at radius 1 is 1.41 bits per heavy atom. The summed E-state index contributed by atoms with van der Waals surface area (Å²) in [4.78, 5) is 29.9. The predicted molar refractivity (Wildman–Crippen MR) is 56.7 cm³/mol. The molecule has 0 aliphatic heterocycles. The molecule has 2 heterocycles. The SMILES string of the molecule is CC(=O)c1cnc(-c2ccco2)nc1C(=O)O. The lowest BCUT2D eigenvalue weighted by molar-refractivity contribution is 0.0685. The Labute approximate surface area is 95.9 Å². The summed E-state index contributed by atoms with van der Waals surface area (Å²) in [5, 5.41) is 8.96. The summed E-state index contributed by atoms with van der Waals surface area (Å²) < 4.78 is 5.05. The van der Waals surface area contributed by atoms with Gasteiger partial charge in [-0.05, 0) is 19.1 Å². The number of hydrogen-bond donors (Lipinski definition) is 1. The first-order chi connectivity index (χ1) is 8.09. The normalized spacial score (nSPS) is 10.2. The van der Waals surface area contributed by atoms with E-state index in [-0.39, 0.29) is 17.1 Å². The van der Waals surface area contributed by atoms with Gasteiger partial charge in [0.25, 0.3) is 0 Å². The van der Waals surface area contributed by atoms with Crippen molar-refractivity contribution >= 4 is 11.8 Å². The van der Waals surface area contributed by atoms with Crippen molar-refractivity contribution in [2.75, 3.05) is 0 Å². The molecule has 0 saturated carbocycles. The van der Waals surface area contributed by atoms with E-state index in [2.05, 4.69) is 9.97 Å². The maximum Gasteiger partial charge on any atom is 0.355 e. The summed E-state index contributed by atoms with van der Waals surface area (Å²) in [7, 11) is 0. The number of Topliss-reactive ketones (excluding diaryl/α,β-unsaturated/α-hetero) is 1. The molecule has 0 atom stereocenters. The summed E-state index contributed by atoms with van der Waals surface area (Å²) in [6.07, 6.45) is 2.62. The fourth-order valence-corrected chi connectivity index (χ4v) is 1.33. The summed E-state index contributed by atoms with van der Waals surface area (Å²) in [6, 6.07) is 3.24. The molecule has 2 aromatic rings. The van der Waals surface area contributed by atoms with Crippen molar-refractivity contribution in [2.24, 2.45) is 0 Å². The molecule has 0 amide bonds. The van der Waals surface area contributed by atoms with E-state index < -0.39 is 11.8 Å². The van der Waals surface area contributed by atoms with Crippen LogP contribution < -0.4 is 0 Å². The van der Waals surface area contributed by atoms with Gasteiger partial charge in [0.15, 0.2) is 23.1 Å².